The molecule has 1 heterocycles. The van der Waals surface area contributed by atoms with Crippen molar-refractivity contribution in [1.82, 2.24) is 0 Å². The van der Waals surface area contributed by atoms with Crippen LogP contribution < -0.4 is 0 Å². The number of hydrogen-bond acceptors (Lipinski definition) is 3. The number of carbonyl (C=O) groups is 1. The molecule has 15 heavy (non-hydrogen) atoms. The number of aliphatic hydroxyl groups excluding tert-OH is 1. The van der Waals surface area contributed by atoms with Crippen molar-refractivity contribution in [2.45, 2.75) is 32.6 Å². The van der Waals surface area contributed by atoms with E-state index in [4.69, 9.17) is 0 Å². The molecule has 84 valence electrons. The Balaban J connectivity index is 2.03. The number of allylic oxidation sites excluding steroid dienone is 2. The van der Waals surface area contributed by atoms with Crippen LogP contribution in [0.5, 0.6) is 0 Å². The van der Waals surface area contributed by atoms with E-state index >= 15 is 0 Å². The highest BCUT2D eigenvalue weighted by atomic mass is 32.2. The summed E-state index contributed by atoms with van der Waals surface area (Å²) in [7, 11) is 0. The van der Waals surface area contributed by atoms with Gasteiger partial charge >= 0.3 is 0 Å². The average Bonchev–Trinajstić information content (AvgIpc) is 2.26. The molecule has 3 heteroatoms. The van der Waals surface area contributed by atoms with Gasteiger partial charge in [-0.25, -0.2) is 0 Å². The first-order valence-corrected chi connectivity index (χ1v) is 6.83. The standard InChI is InChI=1S/C12H18O2S/c1-8-11(13)5-10(6-12(8)14)9-3-2-4-15-7-9/h9-10,13H,2-7H2,1H3/t9?,10-/m0/s1. The van der Waals surface area contributed by atoms with Gasteiger partial charge in [-0.15, -0.1) is 0 Å². The molecule has 2 nitrogen and oxygen atoms in total. The first kappa shape index (κ1) is 11.1. The van der Waals surface area contributed by atoms with Gasteiger partial charge in [-0.05, 0) is 43.1 Å². The molecule has 0 aromatic heterocycles. The van der Waals surface area contributed by atoms with Gasteiger partial charge < -0.3 is 5.11 Å². The van der Waals surface area contributed by atoms with Crippen LogP contribution in [0.25, 0.3) is 0 Å². The molecule has 1 aliphatic heterocycles. The second-order valence-corrected chi connectivity index (χ2v) is 5.79. The molecule has 0 spiro atoms. The van der Waals surface area contributed by atoms with E-state index in [1.165, 1.54) is 24.3 Å². The predicted octanol–water partition coefficient (Wildman–Crippen LogP) is 2.94. The summed E-state index contributed by atoms with van der Waals surface area (Å²) < 4.78 is 0. The number of rotatable bonds is 1. The fourth-order valence-corrected chi connectivity index (χ4v) is 3.78. The third kappa shape index (κ3) is 2.39. The summed E-state index contributed by atoms with van der Waals surface area (Å²) in [6, 6.07) is 0. The summed E-state index contributed by atoms with van der Waals surface area (Å²) in [5.74, 6) is 3.96. The molecule has 1 unspecified atom stereocenters. The minimum atomic E-state index is 0.152. The van der Waals surface area contributed by atoms with E-state index in [0.29, 0.717) is 29.6 Å². The summed E-state index contributed by atoms with van der Waals surface area (Å²) >= 11 is 1.99. The van der Waals surface area contributed by atoms with Gasteiger partial charge in [-0.1, -0.05) is 0 Å². The quantitative estimate of drug-likeness (QED) is 0.747. The molecule has 2 atom stereocenters. The smallest absolute Gasteiger partial charge is 0.162 e. The first-order valence-electron chi connectivity index (χ1n) is 5.68. The number of thioether (sulfide) groups is 1. The SMILES string of the molecule is CC1=C(O)C[C@H](C2CCCSC2)CC1=O. The van der Waals surface area contributed by atoms with Gasteiger partial charge in [0.05, 0.1) is 5.76 Å². The van der Waals surface area contributed by atoms with Crippen molar-refractivity contribution in [3.63, 3.8) is 0 Å². The molecule has 0 saturated carbocycles. The molecule has 0 bridgehead atoms. The van der Waals surface area contributed by atoms with Gasteiger partial charge in [0.1, 0.15) is 0 Å². The lowest BCUT2D eigenvalue weighted by Gasteiger charge is -2.32. The van der Waals surface area contributed by atoms with Gasteiger partial charge in [-0.2, -0.15) is 11.8 Å². The Morgan fingerprint density at radius 1 is 1.33 bits per heavy atom. The molecule has 0 amide bonds. The van der Waals surface area contributed by atoms with Crippen LogP contribution in [0.1, 0.15) is 32.6 Å². The van der Waals surface area contributed by atoms with Crippen molar-refractivity contribution in [3.8, 4) is 0 Å². The largest absolute Gasteiger partial charge is 0.512 e. The van der Waals surface area contributed by atoms with E-state index in [-0.39, 0.29) is 5.78 Å². The zero-order valence-electron chi connectivity index (χ0n) is 9.16. The van der Waals surface area contributed by atoms with Gasteiger partial charge in [0.25, 0.3) is 0 Å². The third-order valence-corrected chi connectivity index (χ3v) is 4.86. The Kier molecular flexibility index (Phi) is 3.39. The van der Waals surface area contributed by atoms with E-state index in [1.807, 2.05) is 11.8 Å². The molecule has 1 aliphatic carbocycles. The minimum absolute atomic E-state index is 0.152. The fraction of sp³-hybridized carbons (Fsp3) is 0.750. The highest BCUT2D eigenvalue weighted by Gasteiger charge is 2.31. The topological polar surface area (TPSA) is 37.3 Å². The highest BCUT2D eigenvalue weighted by molar-refractivity contribution is 7.99. The normalized spacial score (nSPS) is 33.3. The van der Waals surface area contributed by atoms with Crippen molar-refractivity contribution in [2.24, 2.45) is 11.8 Å². The van der Waals surface area contributed by atoms with Crippen LogP contribution in [-0.4, -0.2) is 22.4 Å². The molecule has 2 aliphatic rings. The molecule has 0 aromatic carbocycles. The summed E-state index contributed by atoms with van der Waals surface area (Å²) in [4.78, 5) is 11.6. The van der Waals surface area contributed by atoms with Crippen molar-refractivity contribution < 1.29 is 9.90 Å². The molecular weight excluding hydrogens is 208 g/mol. The predicted molar refractivity (Wildman–Crippen MR) is 63.1 cm³/mol. The molecule has 0 aromatic rings. The van der Waals surface area contributed by atoms with Crippen LogP contribution in [0.3, 0.4) is 0 Å². The number of hydrogen-bond donors (Lipinski definition) is 1. The summed E-state index contributed by atoms with van der Waals surface area (Å²) in [6.45, 7) is 1.74. The van der Waals surface area contributed by atoms with Crippen LogP contribution in [0.15, 0.2) is 11.3 Å². The number of ketones is 1. The summed E-state index contributed by atoms with van der Waals surface area (Å²) in [6.07, 6.45) is 3.88. The number of Topliss-reactive ketones (excluding diaryl/α,β-unsaturated/α-hetero) is 1. The van der Waals surface area contributed by atoms with Gasteiger partial charge in [0.15, 0.2) is 5.78 Å². The lowest BCUT2D eigenvalue weighted by atomic mass is 9.78. The zero-order chi connectivity index (χ0) is 10.8. The van der Waals surface area contributed by atoms with E-state index in [2.05, 4.69) is 0 Å². The molecule has 0 radical (unpaired) electrons. The van der Waals surface area contributed by atoms with Gasteiger partial charge in [0.2, 0.25) is 0 Å². The first-order chi connectivity index (χ1) is 7.18. The number of aliphatic hydroxyl groups is 1. The van der Waals surface area contributed by atoms with Gasteiger partial charge in [0, 0.05) is 18.4 Å². The average molecular weight is 226 g/mol. The molecular formula is C12H18O2S. The Morgan fingerprint density at radius 3 is 2.73 bits per heavy atom. The Bertz CT molecular complexity index is 290. The maximum Gasteiger partial charge on any atom is 0.162 e. The minimum Gasteiger partial charge on any atom is -0.512 e. The third-order valence-electron chi connectivity index (χ3n) is 3.62. The van der Waals surface area contributed by atoms with Crippen molar-refractivity contribution >= 4 is 17.5 Å². The van der Waals surface area contributed by atoms with Gasteiger partial charge in [-0.3, -0.25) is 4.79 Å². The van der Waals surface area contributed by atoms with Crippen LogP contribution in [-0.2, 0) is 4.79 Å². The zero-order valence-corrected chi connectivity index (χ0v) is 9.98. The van der Waals surface area contributed by atoms with Crippen molar-refractivity contribution in [2.75, 3.05) is 11.5 Å². The second kappa shape index (κ2) is 4.60. The molecule has 1 N–H and O–H groups in total. The summed E-state index contributed by atoms with van der Waals surface area (Å²) in [5, 5.41) is 9.70. The van der Waals surface area contributed by atoms with Crippen molar-refractivity contribution in [3.05, 3.63) is 11.3 Å². The fourth-order valence-electron chi connectivity index (χ4n) is 2.50. The lowest BCUT2D eigenvalue weighted by molar-refractivity contribution is -0.117. The molecule has 1 saturated heterocycles. The summed E-state index contributed by atoms with van der Waals surface area (Å²) in [5.41, 5.74) is 0.592. The maximum absolute atomic E-state index is 11.6. The van der Waals surface area contributed by atoms with Crippen LogP contribution in [0.4, 0.5) is 0 Å². The molecule has 2 rings (SSSR count). The lowest BCUT2D eigenvalue weighted by Crippen LogP contribution is -2.27. The number of carbonyl (C=O) groups excluding carboxylic acids is 1. The second-order valence-electron chi connectivity index (χ2n) is 4.64. The van der Waals surface area contributed by atoms with Crippen LogP contribution >= 0.6 is 11.8 Å². The van der Waals surface area contributed by atoms with E-state index < -0.39 is 0 Å². The van der Waals surface area contributed by atoms with Crippen LogP contribution in [0.2, 0.25) is 0 Å². The van der Waals surface area contributed by atoms with Crippen LogP contribution in [0, 0.1) is 11.8 Å². The monoisotopic (exact) mass is 226 g/mol. The molecule has 1 fully saturated rings. The Morgan fingerprint density at radius 2 is 2.13 bits per heavy atom. The van der Waals surface area contributed by atoms with E-state index in [9.17, 15) is 9.90 Å². The Hall–Kier alpha value is -0.440. The maximum atomic E-state index is 11.6. The van der Waals surface area contributed by atoms with E-state index in [0.717, 1.165) is 6.42 Å². The Labute approximate surface area is 95.1 Å². The van der Waals surface area contributed by atoms with Crippen molar-refractivity contribution in [1.29, 1.82) is 0 Å². The van der Waals surface area contributed by atoms with E-state index in [1.54, 1.807) is 6.92 Å². The highest BCUT2D eigenvalue weighted by Crippen LogP contribution is 2.37.